The summed E-state index contributed by atoms with van der Waals surface area (Å²) in [5.74, 6) is -2.27. The van der Waals surface area contributed by atoms with Gasteiger partial charge < -0.3 is 11.1 Å². The van der Waals surface area contributed by atoms with Crippen LogP contribution in [0.15, 0.2) is 18.2 Å². The monoisotopic (exact) mass is 349 g/mol. The first-order valence-corrected chi connectivity index (χ1v) is 8.23. The van der Waals surface area contributed by atoms with Gasteiger partial charge in [0.05, 0.1) is 5.69 Å². The summed E-state index contributed by atoms with van der Waals surface area (Å²) in [4.78, 5) is 16.1. The number of carbonyl (C=O) groups is 1. The maximum Gasteiger partial charge on any atom is 0.248 e. The number of nitrogens with two attached hydrogens (primary N) is 1. The summed E-state index contributed by atoms with van der Waals surface area (Å²) in [6.45, 7) is 3.75. The second-order valence-electron chi connectivity index (χ2n) is 6.58. The minimum Gasteiger partial charge on any atom is -0.367 e. The van der Waals surface area contributed by atoms with Crippen LogP contribution in [0.4, 0.5) is 14.6 Å². The summed E-state index contributed by atoms with van der Waals surface area (Å²) in [5, 5.41) is 7.52. The van der Waals surface area contributed by atoms with Crippen LogP contribution in [0.1, 0.15) is 47.4 Å². The Hall–Kier alpha value is -2.51. The molecule has 1 amide bonds. The van der Waals surface area contributed by atoms with Crippen molar-refractivity contribution in [3.05, 3.63) is 35.2 Å². The van der Waals surface area contributed by atoms with Gasteiger partial charge in [-0.05, 0) is 44.9 Å². The van der Waals surface area contributed by atoms with Crippen molar-refractivity contribution in [1.82, 2.24) is 14.8 Å². The predicted molar refractivity (Wildman–Crippen MR) is 90.2 cm³/mol. The van der Waals surface area contributed by atoms with E-state index in [4.69, 9.17) is 5.73 Å². The molecule has 6 nitrogen and oxygen atoms in total. The van der Waals surface area contributed by atoms with Crippen LogP contribution in [-0.4, -0.2) is 32.6 Å². The molecule has 1 aliphatic carbocycles. The number of primary amides is 1. The van der Waals surface area contributed by atoms with Crippen LogP contribution in [-0.2, 0) is 0 Å². The SMILES string of the molecule is Cc1cc(C)n(-c2cc(C(N)=O)cc(NC3CCC(F)(F)CC3)n2)n1. The van der Waals surface area contributed by atoms with E-state index in [9.17, 15) is 13.6 Å². The lowest BCUT2D eigenvalue weighted by molar-refractivity contribution is -0.0361. The Balaban J connectivity index is 1.89. The number of aromatic nitrogens is 3. The molecule has 3 N–H and O–H groups in total. The number of hydrogen-bond acceptors (Lipinski definition) is 4. The van der Waals surface area contributed by atoms with Gasteiger partial charge in [0.1, 0.15) is 5.82 Å². The molecule has 25 heavy (non-hydrogen) atoms. The number of alkyl halides is 2. The van der Waals surface area contributed by atoms with E-state index in [-0.39, 0.29) is 18.9 Å². The lowest BCUT2D eigenvalue weighted by Crippen LogP contribution is -2.32. The lowest BCUT2D eigenvalue weighted by atomic mass is 9.92. The minimum atomic E-state index is -2.59. The lowest BCUT2D eigenvalue weighted by Gasteiger charge is -2.29. The molecule has 134 valence electrons. The van der Waals surface area contributed by atoms with Gasteiger partial charge in [-0.2, -0.15) is 5.10 Å². The quantitative estimate of drug-likeness (QED) is 0.888. The molecule has 3 rings (SSSR count). The van der Waals surface area contributed by atoms with Gasteiger partial charge >= 0.3 is 0 Å². The van der Waals surface area contributed by atoms with Crippen molar-refractivity contribution in [3.63, 3.8) is 0 Å². The van der Waals surface area contributed by atoms with E-state index >= 15 is 0 Å². The van der Waals surface area contributed by atoms with Gasteiger partial charge in [0.2, 0.25) is 11.8 Å². The molecule has 2 aromatic heterocycles. The average molecular weight is 349 g/mol. The zero-order valence-corrected chi connectivity index (χ0v) is 14.2. The van der Waals surface area contributed by atoms with Crippen molar-refractivity contribution >= 4 is 11.7 Å². The third kappa shape index (κ3) is 3.94. The maximum absolute atomic E-state index is 13.3. The van der Waals surface area contributed by atoms with Crippen molar-refractivity contribution in [1.29, 1.82) is 0 Å². The fourth-order valence-electron chi connectivity index (χ4n) is 3.10. The van der Waals surface area contributed by atoms with Gasteiger partial charge in [-0.15, -0.1) is 0 Å². The van der Waals surface area contributed by atoms with Crippen LogP contribution in [0.2, 0.25) is 0 Å². The molecule has 1 fully saturated rings. The Kier molecular flexibility index (Phi) is 4.45. The Bertz CT molecular complexity index is 792. The first-order chi connectivity index (χ1) is 11.7. The van der Waals surface area contributed by atoms with Crippen LogP contribution >= 0.6 is 0 Å². The van der Waals surface area contributed by atoms with Crippen LogP contribution in [0.3, 0.4) is 0 Å². The Morgan fingerprint density at radius 1 is 1.28 bits per heavy atom. The summed E-state index contributed by atoms with van der Waals surface area (Å²) in [7, 11) is 0. The normalized spacial score (nSPS) is 17.4. The highest BCUT2D eigenvalue weighted by Crippen LogP contribution is 2.34. The van der Waals surface area contributed by atoms with Gasteiger partial charge in [-0.25, -0.2) is 18.4 Å². The molecule has 8 heteroatoms. The van der Waals surface area contributed by atoms with Crippen LogP contribution in [0.5, 0.6) is 0 Å². The number of amides is 1. The zero-order chi connectivity index (χ0) is 18.2. The van der Waals surface area contributed by atoms with Crippen molar-refractivity contribution in [3.8, 4) is 5.82 Å². The molecule has 2 aromatic rings. The summed E-state index contributed by atoms with van der Waals surface area (Å²) in [6.07, 6.45) is 0.407. The van der Waals surface area contributed by atoms with Crippen molar-refractivity contribution in [2.45, 2.75) is 51.5 Å². The first-order valence-electron chi connectivity index (χ1n) is 8.23. The van der Waals surface area contributed by atoms with Crippen LogP contribution in [0, 0.1) is 13.8 Å². The predicted octanol–water partition coefficient (Wildman–Crippen LogP) is 2.97. The van der Waals surface area contributed by atoms with E-state index in [0.717, 1.165) is 11.4 Å². The highest BCUT2D eigenvalue weighted by molar-refractivity contribution is 5.94. The number of pyridine rings is 1. The highest BCUT2D eigenvalue weighted by Gasteiger charge is 2.35. The number of halogens is 2. The molecule has 0 bridgehead atoms. The minimum absolute atomic E-state index is 0.108. The van der Waals surface area contributed by atoms with Crippen molar-refractivity contribution in [2.24, 2.45) is 5.73 Å². The van der Waals surface area contributed by atoms with Gasteiger partial charge in [-0.3, -0.25) is 4.79 Å². The molecule has 0 spiro atoms. The molecule has 0 unspecified atom stereocenters. The zero-order valence-electron chi connectivity index (χ0n) is 14.2. The van der Waals surface area contributed by atoms with E-state index in [1.54, 1.807) is 16.8 Å². The number of nitrogens with zero attached hydrogens (tertiary/aromatic N) is 3. The fourth-order valence-corrected chi connectivity index (χ4v) is 3.10. The number of anilines is 1. The van der Waals surface area contributed by atoms with Crippen LogP contribution < -0.4 is 11.1 Å². The summed E-state index contributed by atoms with van der Waals surface area (Å²) >= 11 is 0. The summed E-state index contributed by atoms with van der Waals surface area (Å²) < 4.78 is 28.2. The number of rotatable bonds is 4. The standard InChI is InChI=1S/C17H21F2N5O/c1-10-7-11(2)24(23-10)15-9-12(16(20)25)8-14(22-15)21-13-3-5-17(18,19)6-4-13/h7-9,13H,3-6H2,1-2H3,(H2,20,25)(H,21,22). The number of nitrogens with one attached hydrogen (secondary N) is 1. The van der Waals surface area contributed by atoms with Crippen molar-refractivity contribution < 1.29 is 13.6 Å². The third-order valence-corrected chi connectivity index (χ3v) is 4.39. The fraction of sp³-hybridized carbons (Fsp3) is 0.471. The topological polar surface area (TPSA) is 85.8 Å². The van der Waals surface area contributed by atoms with E-state index in [0.29, 0.717) is 30.0 Å². The molecule has 0 atom stereocenters. The largest absolute Gasteiger partial charge is 0.367 e. The molecule has 0 aliphatic heterocycles. The van der Waals surface area contributed by atoms with E-state index < -0.39 is 11.8 Å². The van der Waals surface area contributed by atoms with Gasteiger partial charge in [-0.1, -0.05) is 0 Å². The second-order valence-corrected chi connectivity index (χ2v) is 6.58. The van der Waals surface area contributed by atoms with Gasteiger partial charge in [0.25, 0.3) is 0 Å². The number of carbonyl (C=O) groups excluding carboxylic acids is 1. The van der Waals surface area contributed by atoms with E-state index in [1.165, 1.54) is 0 Å². The van der Waals surface area contributed by atoms with E-state index in [2.05, 4.69) is 15.4 Å². The summed E-state index contributed by atoms with van der Waals surface area (Å²) in [5.41, 5.74) is 7.41. The molecule has 1 aliphatic rings. The second kappa shape index (κ2) is 6.42. The van der Waals surface area contributed by atoms with Crippen molar-refractivity contribution in [2.75, 3.05) is 5.32 Å². The van der Waals surface area contributed by atoms with Gasteiger partial charge in [0, 0.05) is 30.1 Å². The maximum atomic E-state index is 13.3. The highest BCUT2D eigenvalue weighted by atomic mass is 19.3. The molecule has 0 radical (unpaired) electrons. The molecular formula is C17H21F2N5O. The molecule has 1 saturated carbocycles. The third-order valence-electron chi connectivity index (χ3n) is 4.39. The van der Waals surface area contributed by atoms with Gasteiger partial charge in [0.15, 0.2) is 5.82 Å². The number of hydrogen-bond donors (Lipinski definition) is 2. The average Bonchev–Trinajstić information content (AvgIpc) is 2.88. The first kappa shape index (κ1) is 17.3. The number of aryl methyl sites for hydroxylation is 2. The Morgan fingerprint density at radius 3 is 2.52 bits per heavy atom. The smallest absolute Gasteiger partial charge is 0.248 e. The molecule has 0 saturated heterocycles. The molecular weight excluding hydrogens is 328 g/mol. The van der Waals surface area contributed by atoms with Crippen LogP contribution in [0.25, 0.3) is 5.82 Å². The van der Waals surface area contributed by atoms with E-state index in [1.807, 2.05) is 19.9 Å². The Labute approximate surface area is 144 Å². The summed E-state index contributed by atoms with van der Waals surface area (Å²) in [6, 6.07) is 4.91. The Morgan fingerprint density at radius 2 is 1.96 bits per heavy atom. The molecule has 0 aromatic carbocycles. The molecule has 2 heterocycles.